The third kappa shape index (κ3) is 11.3. The van der Waals surface area contributed by atoms with E-state index in [1.807, 2.05) is 65.9 Å². The second-order valence-corrected chi connectivity index (χ2v) is 16.6. The van der Waals surface area contributed by atoms with Crippen LogP contribution in [0.1, 0.15) is 97.1 Å². The second-order valence-electron chi connectivity index (χ2n) is 16.6. The van der Waals surface area contributed by atoms with Crippen LogP contribution >= 0.6 is 0 Å². The van der Waals surface area contributed by atoms with Crippen molar-refractivity contribution >= 4 is 35.6 Å². The highest BCUT2D eigenvalue weighted by Gasteiger charge is 2.49. The van der Waals surface area contributed by atoms with Crippen LogP contribution in [0.5, 0.6) is 0 Å². The van der Waals surface area contributed by atoms with E-state index in [-0.39, 0.29) is 37.4 Å². The Labute approximate surface area is 326 Å². The fourth-order valence-electron chi connectivity index (χ4n) is 7.94. The number of hydrogen-bond donors (Lipinski definition) is 5. The first kappa shape index (κ1) is 43.3. The van der Waals surface area contributed by atoms with Crippen molar-refractivity contribution in [1.29, 1.82) is 0 Å². The maximum absolute atomic E-state index is 15.0. The van der Waals surface area contributed by atoms with Crippen LogP contribution in [-0.4, -0.2) is 109 Å². The number of likely N-dealkylation sites (N-methyl/N-ethyl adjacent to an activating group) is 1. The van der Waals surface area contributed by atoms with Gasteiger partial charge in [-0.1, -0.05) is 90.6 Å². The summed E-state index contributed by atoms with van der Waals surface area (Å²) in [6.45, 7) is 14.8. The predicted molar refractivity (Wildman–Crippen MR) is 210 cm³/mol. The van der Waals surface area contributed by atoms with E-state index in [4.69, 9.17) is 4.74 Å². The van der Waals surface area contributed by atoms with E-state index in [1.54, 1.807) is 4.90 Å². The highest BCUT2D eigenvalue weighted by molar-refractivity contribution is 6.38. The van der Waals surface area contributed by atoms with Gasteiger partial charge in [0.2, 0.25) is 17.6 Å². The monoisotopic (exact) mass is 765 g/mol. The number of likely N-dealkylation sites (tertiary alicyclic amines) is 1. The smallest absolute Gasteiger partial charge is 0.410 e. The minimum atomic E-state index is -1.14. The summed E-state index contributed by atoms with van der Waals surface area (Å²) in [7, 11) is 1.81. The molecule has 0 aromatic heterocycles. The van der Waals surface area contributed by atoms with E-state index in [0.717, 1.165) is 24.8 Å². The van der Waals surface area contributed by atoms with Crippen LogP contribution in [0.15, 0.2) is 36.9 Å². The molecule has 14 nitrogen and oxygen atoms in total. The van der Waals surface area contributed by atoms with Gasteiger partial charge in [-0.15, -0.1) is 6.58 Å². The van der Waals surface area contributed by atoms with Gasteiger partial charge >= 0.3 is 12.1 Å². The first-order valence-corrected chi connectivity index (χ1v) is 19.9. The maximum Gasteiger partial charge on any atom is 0.410 e. The zero-order valence-corrected chi connectivity index (χ0v) is 33.6. The van der Waals surface area contributed by atoms with Gasteiger partial charge in [0.1, 0.15) is 18.2 Å². The first-order valence-electron chi connectivity index (χ1n) is 19.9. The zero-order chi connectivity index (χ0) is 40.3. The summed E-state index contributed by atoms with van der Waals surface area (Å²) in [6, 6.07) is 3.92. The molecule has 5 atom stereocenters. The van der Waals surface area contributed by atoms with E-state index in [0.29, 0.717) is 45.3 Å². The molecule has 6 amide bonds. The Balaban J connectivity index is 1.63. The third-order valence-electron chi connectivity index (χ3n) is 11.3. The molecule has 3 aliphatic rings. The van der Waals surface area contributed by atoms with Crippen molar-refractivity contribution in [2.24, 2.45) is 10.8 Å². The minimum Gasteiger partial charge on any atom is -0.444 e. The SMILES string of the molecule is C=CCNC(=O)C(=O)C(CCC)NC(=O)[C@@H]1C[C@@H](OC(=O)N2CCc3ccccc3C2)CN1C(=O)[C@@H](NC(=O)N[C@H](CNC)C(C)(C)C)C1(C)CCCCC1. The number of fused-ring (bicyclic) bond motifs is 1. The summed E-state index contributed by atoms with van der Waals surface area (Å²) < 4.78 is 6.02. The topological polar surface area (TPSA) is 178 Å². The van der Waals surface area contributed by atoms with Crippen LogP contribution in [-0.2, 0) is 36.9 Å². The summed E-state index contributed by atoms with van der Waals surface area (Å²) in [4.78, 5) is 85.3. The molecule has 4 rings (SSSR count). The van der Waals surface area contributed by atoms with Crippen LogP contribution in [0.4, 0.5) is 9.59 Å². The molecule has 1 aliphatic carbocycles. The molecule has 2 fully saturated rings. The number of nitrogens with one attached hydrogen (secondary N) is 5. The fourth-order valence-corrected chi connectivity index (χ4v) is 7.94. The summed E-state index contributed by atoms with van der Waals surface area (Å²) >= 11 is 0. The van der Waals surface area contributed by atoms with E-state index in [1.165, 1.54) is 16.5 Å². The number of Topliss-reactive ketones (excluding diaryl/α,β-unsaturated/α-hetero) is 1. The molecule has 0 bridgehead atoms. The van der Waals surface area contributed by atoms with Crippen LogP contribution in [0.3, 0.4) is 0 Å². The molecule has 1 saturated carbocycles. The number of hydrogen-bond acceptors (Lipinski definition) is 8. The second kappa shape index (κ2) is 19.4. The predicted octanol–water partition coefficient (Wildman–Crippen LogP) is 3.58. The van der Waals surface area contributed by atoms with Crippen molar-refractivity contribution in [1.82, 2.24) is 36.4 Å². The molecule has 0 radical (unpaired) electrons. The number of ether oxygens (including phenoxy) is 1. The van der Waals surface area contributed by atoms with E-state index in [9.17, 15) is 28.8 Å². The maximum atomic E-state index is 15.0. The summed E-state index contributed by atoms with van der Waals surface area (Å²) in [5.74, 6) is -2.75. The molecule has 2 heterocycles. The van der Waals surface area contributed by atoms with Gasteiger partial charge in [0, 0.05) is 38.6 Å². The molecule has 1 aromatic rings. The Morgan fingerprint density at radius 3 is 2.35 bits per heavy atom. The number of nitrogens with zero attached hydrogens (tertiary/aromatic N) is 2. The zero-order valence-electron chi connectivity index (χ0n) is 33.6. The quantitative estimate of drug-likeness (QED) is 0.133. The van der Waals surface area contributed by atoms with Crippen LogP contribution in [0.25, 0.3) is 0 Å². The van der Waals surface area contributed by atoms with Gasteiger partial charge in [-0.05, 0) is 54.7 Å². The lowest BCUT2D eigenvalue weighted by atomic mass is 9.70. The van der Waals surface area contributed by atoms with Gasteiger partial charge in [0.15, 0.2) is 0 Å². The molecule has 1 aromatic carbocycles. The molecular formula is C41H63N7O7. The number of urea groups is 1. The fraction of sp³-hybridized carbons (Fsp3) is 0.659. The molecule has 1 saturated heterocycles. The molecule has 5 N–H and O–H groups in total. The number of benzene rings is 1. The highest BCUT2D eigenvalue weighted by atomic mass is 16.6. The van der Waals surface area contributed by atoms with E-state index in [2.05, 4.69) is 33.2 Å². The number of rotatable bonds is 15. The highest BCUT2D eigenvalue weighted by Crippen LogP contribution is 2.40. The van der Waals surface area contributed by atoms with Crippen molar-refractivity contribution in [2.75, 3.05) is 33.2 Å². The Bertz CT molecular complexity index is 1550. The Morgan fingerprint density at radius 2 is 1.71 bits per heavy atom. The molecule has 304 valence electrons. The standard InChI is InChI=1S/C41H63N7O7/c1-8-15-30(33(49)36(51)43-21-9-2)44-35(50)31-23-29(55-39(54)47-22-18-27-16-11-12-17-28(27)25-47)26-48(31)37(52)34(41(6)19-13-10-14-20-41)46-38(53)45-32(24-42-7)40(3,4)5/h9,11-12,16-17,29-32,34,42H,2,8,10,13-15,18-26H2,1,3-7H3,(H,43,51)(H,44,50)(H2,45,46,53)/t29-,30?,31+,32-,34-/m1/s1. The van der Waals surface area contributed by atoms with Crippen LogP contribution < -0.4 is 26.6 Å². The largest absolute Gasteiger partial charge is 0.444 e. The van der Waals surface area contributed by atoms with Gasteiger partial charge in [-0.2, -0.15) is 0 Å². The van der Waals surface area contributed by atoms with Gasteiger partial charge in [-0.25, -0.2) is 9.59 Å². The third-order valence-corrected chi connectivity index (χ3v) is 11.3. The van der Waals surface area contributed by atoms with E-state index < -0.39 is 65.3 Å². The van der Waals surface area contributed by atoms with Gasteiger partial charge in [-0.3, -0.25) is 19.2 Å². The van der Waals surface area contributed by atoms with Crippen molar-refractivity contribution in [3.8, 4) is 0 Å². The van der Waals surface area contributed by atoms with Crippen molar-refractivity contribution < 1.29 is 33.5 Å². The molecule has 0 spiro atoms. The van der Waals surface area contributed by atoms with Crippen molar-refractivity contribution in [2.45, 2.75) is 129 Å². The van der Waals surface area contributed by atoms with Gasteiger partial charge in [0.25, 0.3) is 5.91 Å². The summed E-state index contributed by atoms with van der Waals surface area (Å²) in [6.07, 6.45) is 5.58. The van der Waals surface area contributed by atoms with Gasteiger partial charge < -0.3 is 41.1 Å². The lowest BCUT2D eigenvalue weighted by Gasteiger charge is -2.42. The first-order chi connectivity index (χ1) is 26.1. The minimum absolute atomic E-state index is 0.0205. The lowest BCUT2D eigenvalue weighted by molar-refractivity contribution is -0.144. The molecular weight excluding hydrogens is 702 g/mol. The average molecular weight is 766 g/mol. The number of ketones is 1. The van der Waals surface area contributed by atoms with Crippen LogP contribution in [0, 0.1) is 10.8 Å². The Morgan fingerprint density at radius 1 is 1.02 bits per heavy atom. The molecule has 1 unspecified atom stereocenters. The van der Waals surface area contributed by atoms with Crippen molar-refractivity contribution in [3.63, 3.8) is 0 Å². The number of amides is 6. The molecule has 2 aliphatic heterocycles. The number of carbonyl (C=O) groups is 6. The average Bonchev–Trinajstić information content (AvgIpc) is 3.58. The Hall–Kier alpha value is -4.46. The molecule has 55 heavy (non-hydrogen) atoms. The van der Waals surface area contributed by atoms with Crippen LogP contribution in [0.2, 0.25) is 0 Å². The summed E-state index contributed by atoms with van der Waals surface area (Å²) in [5.41, 5.74) is 1.31. The number of carbonyl (C=O) groups excluding carboxylic acids is 6. The molecule has 14 heteroatoms. The van der Waals surface area contributed by atoms with Crippen molar-refractivity contribution in [3.05, 3.63) is 48.0 Å². The lowest BCUT2D eigenvalue weighted by Crippen LogP contribution is -2.62. The summed E-state index contributed by atoms with van der Waals surface area (Å²) in [5, 5.41) is 14.4. The Kier molecular flexibility index (Phi) is 15.3. The van der Waals surface area contributed by atoms with Gasteiger partial charge in [0.05, 0.1) is 12.6 Å². The normalized spacial score (nSPS) is 20.9. The van der Waals surface area contributed by atoms with E-state index >= 15 is 0 Å².